The van der Waals surface area contributed by atoms with Crippen LogP contribution in [0.15, 0.2) is 36.7 Å². The van der Waals surface area contributed by atoms with Gasteiger partial charge < -0.3 is 10.2 Å². The highest BCUT2D eigenvalue weighted by Crippen LogP contribution is 2.25. The van der Waals surface area contributed by atoms with E-state index in [1.165, 1.54) is 5.56 Å². The van der Waals surface area contributed by atoms with Crippen LogP contribution in [0, 0.1) is 0 Å². The number of aromatic nitrogens is 2. The summed E-state index contributed by atoms with van der Waals surface area (Å²) in [5, 5.41) is 4.01. The molecule has 1 unspecified atom stereocenters. The molecule has 2 aromatic rings. The summed E-state index contributed by atoms with van der Waals surface area (Å²) < 4.78 is 0. The molecule has 112 valence electrons. The van der Waals surface area contributed by atoms with Gasteiger partial charge in [0, 0.05) is 18.6 Å². The number of anilines is 2. The maximum atomic E-state index is 5.94. The van der Waals surface area contributed by atoms with E-state index in [-0.39, 0.29) is 6.04 Å². The third-order valence-corrected chi connectivity index (χ3v) is 3.72. The fourth-order valence-corrected chi connectivity index (χ4v) is 2.15. The van der Waals surface area contributed by atoms with Gasteiger partial charge in [-0.05, 0) is 31.0 Å². The van der Waals surface area contributed by atoms with Gasteiger partial charge in [-0.1, -0.05) is 30.7 Å². The predicted octanol–water partition coefficient (Wildman–Crippen LogP) is 4.15. The second kappa shape index (κ2) is 7.27. The van der Waals surface area contributed by atoms with Crippen molar-refractivity contribution in [3.63, 3.8) is 0 Å². The minimum atomic E-state index is 0.193. The van der Waals surface area contributed by atoms with Gasteiger partial charge in [0.25, 0.3) is 0 Å². The molecule has 4 nitrogen and oxygen atoms in total. The lowest BCUT2D eigenvalue weighted by atomic mass is 10.1. The van der Waals surface area contributed by atoms with E-state index in [1.807, 2.05) is 31.3 Å². The lowest BCUT2D eigenvalue weighted by Gasteiger charge is -2.26. The Morgan fingerprint density at radius 2 is 1.95 bits per heavy atom. The van der Waals surface area contributed by atoms with Gasteiger partial charge in [0.05, 0.1) is 18.4 Å². The van der Waals surface area contributed by atoms with E-state index in [4.69, 9.17) is 11.6 Å². The Kier molecular flexibility index (Phi) is 5.39. The predicted molar refractivity (Wildman–Crippen MR) is 89.1 cm³/mol. The molecular weight excluding hydrogens is 284 g/mol. The van der Waals surface area contributed by atoms with E-state index in [9.17, 15) is 0 Å². The van der Waals surface area contributed by atoms with Crippen molar-refractivity contribution in [1.82, 2.24) is 9.97 Å². The molecule has 0 saturated carbocycles. The third kappa shape index (κ3) is 4.08. The number of hydrogen-bond acceptors (Lipinski definition) is 4. The van der Waals surface area contributed by atoms with Crippen LogP contribution in [0.3, 0.4) is 0 Å². The molecule has 0 amide bonds. The van der Waals surface area contributed by atoms with Gasteiger partial charge in [-0.3, -0.25) is 4.98 Å². The van der Waals surface area contributed by atoms with Crippen molar-refractivity contribution in [1.29, 1.82) is 0 Å². The molecule has 1 heterocycles. The molecule has 21 heavy (non-hydrogen) atoms. The van der Waals surface area contributed by atoms with Gasteiger partial charge in [0.15, 0.2) is 0 Å². The molecule has 1 atom stereocenters. The van der Waals surface area contributed by atoms with Crippen LogP contribution in [0.25, 0.3) is 0 Å². The number of nitrogens with one attached hydrogen (secondary N) is 1. The molecule has 0 aliphatic heterocycles. The fourth-order valence-electron chi connectivity index (χ4n) is 2.03. The van der Waals surface area contributed by atoms with E-state index in [1.54, 1.807) is 12.4 Å². The van der Waals surface area contributed by atoms with Crippen LogP contribution in [0.5, 0.6) is 0 Å². The van der Waals surface area contributed by atoms with E-state index in [2.05, 4.69) is 34.0 Å². The topological polar surface area (TPSA) is 41.1 Å². The minimum absolute atomic E-state index is 0.193. The molecular formula is C16H21ClN4. The summed E-state index contributed by atoms with van der Waals surface area (Å²) in [7, 11) is 2.02. The fraction of sp³-hybridized carbons (Fsp3) is 0.375. The van der Waals surface area contributed by atoms with Gasteiger partial charge in [0.1, 0.15) is 11.6 Å². The van der Waals surface area contributed by atoms with Gasteiger partial charge in [-0.25, -0.2) is 4.98 Å². The summed E-state index contributed by atoms with van der Waals surface area (Å²) >= 11 is 5.94. The summed E-state index contributed by atoms with van der Waals surface area (Å²) in [6.07, 6.45) is 4.59. The highest BCUT2D eigenvalue weighted by molar-refractivity contribution is 6.30. The van der Waals surface area contributed by atoms with Crippen LogP contribution >= 0.6 is 11.6 Å². The number of nitrogens with zero attached hydrogens (tertiary/aromatic N) is 3. The van der Waals surface area contributed by atoms with Gasteiger partial charge in [-0.15, -0.1) is 0 Å². The molecule has 0 radical (unpaired) electrons. The first-order valence-corrected chi connectivity index (χ1v) is 7.53. The Hall–Kier alpha value is -1.81. The smallest absolute Gasteiger partial charge is 0.149 e. The Morgan fingerprint density at radius 3 is 2.62 bits per heavy atom. The van der Waals surface area contributed by atoms with Crippen molar-refractivity contribution >= 4 is 23.2 Å². The maximum absolute atomic E-state index is 5.94. The van der Waals surface area contributed by atoms with Crippen molar-refractivity contribution in [2.45, 2.75) is 26.3 Å². The lowest BCUT2D eigenvalue weighted by molar-refractivity contribution is 0.726. The van der Waals surface area contributed by atoms with Gasteiger partial charge in [0.2, 0.25) is 0 Å². The lowest BCUT2D eigenvalue weighted by Crippen LogP contribution is -2.23. The monoisotopic (exact) mass is 304 g/mol. The first-order chi connectivity index (χ1) is 10.1. The quantitative estimate of drug-likeness (QED) is 0.870. The number of hydrogen-bond donors (Lipinski definition) is 1. The molecule has 0 saturated heterocycles. The zero-order chi connectivity index (χ0) is 15.2. The molecule has 5 heteroatoms. The highest BCUT2D eigenvalue weighted by atomic mass is 35.5. The van der Waals surface area contributed by atoms with Crippen molar-refractivity contribution in [2.24, 2.45) is 0 Å². The average molecular weight is 305 g/mol. The van der Waals surface area contributed by atoms with E-state index >= 15 is 0 Å². The van der Waals surface area contributed by atoms with E-state index in [0.29, 0.717) is 0 Å². The number of benzene rings is 1. The molecule has 1 aromatic heterocycles. The zero-order valence-electron chi connectivity index (χ0n) is 12.7. The molecule has 0 aliphatic carbocycles. The van der Waals surface area contributed by atoms with Crippen LogP contribution in [-0.2, 0) is 0 Å². The van der Waals surface area contributed by atoms with Crippen molar-refractivity contribution in [2.75, 3.05) is 23.8 Å². The number of halogens is 1. The minimum Gasteiger partial charge on any atom is -0.369 e. The molecule has 0 spiro atoms. The molecule has 0 bridgehead atoms. The highest BCUT2D eigenvalue weighted by Gasteiger charge is 2.14. The second-order valence-electron chi connectivity index (χ2n) is 5.03. The van der Waals surface area contributed by atoms with Gasteiger partial charge >= 0.3 is 0 Å². The first-order valence-electron chi connectivity index (χ1n) is 7.16. The molecule has 1 N–H and O–H groups in total. The standard InChI is InChI=1S/C16H21ClN4/c1-4-9-19-15-10-18-11-16(20-15)21(3)12(2)13-5-7-14(17)8-6-13/h5-8,10-12H,4,9H2,1-3H3,(H,19,20). The van der Waals surface area contributed by atoms with E-state index in [0.717, 1.165) is 29.6 Å². The average Bonchev–Trinajstić information content (AvgIpc) is 2.52. The summed E-state index contributed by atoms with van der Waals surface area (Å²) in [6.45, 7) is 5.16. The third-order valence-electron chi connectivity index (χ3n) is 3.47. The Labute approximate surface area is 131 Å². The number of rotatable bonds is 6. The maximum Gasteiger partial charge on any atom is 0.149 e. The molecule has 0 aliphatic rings. The Balaban J connectivity index is 2.14. The van der Waals surface area contributed by atoms with Gasteiger partial charge in [-0.2, -0.15) is 0 Å². The Bertz CT molecular complexity index is 571. The van der Waals surface area contributed by atoms with Crippen LogP contribution in [0.1, 0.15) is 31.9 Å². The van der Waals surface area contributed by atoms with E-state index < -0.39 is 0 Å². The zero-order valence-corrected chi connectivity index (χ0v) is 13.4. The van der Waals surface area contributed by atoms with Crippen LogP contribution in [0.2, 0.25) is 5.02 Å². The molecule has 1 aromatic carbocycles. The Morgan fingerprint density at radius 1 is 1.24 bits per heavy atom. The van der Waals surface area contributed by atoms with Crippen molar-refractivity contribution in [3.05, 3.63) is 47.2 Å². The van der Waals surface area contributed by atoms with Crippen LogP contribution in [-0.4, -0.2) is 23.6 Å². The second-order valence-corrected chi connectivity index (χ2v) is 5.46. The van der Waals surface area contributed by atoms with Crippen molar-refractivity contribution in [3.8, 4) is 0 Å². The molecule has 0 fully saturated rings. The summed E-state index contributed by atoms with van der Waals surface area (Å²) in [5.41, 5.74) is 1.19. The summed E-state index contributed by atoms with van der Waals surface area (Å²) in [6, 6.07) is 8.09. The molecule has 2 rings (SSSR count). The van der Waals surface area contributed by atoms with Crippen molar-refractivity contribution < 1.29 is 0 Å². The normalized spacial score (nSPS) is 12.0. The summed E-state index contributed by atoms with van der Waals surface area (Å²) in [5.74, 6) is 1.66. The summed E-state index contributed by atoms with van der Waals surface area (Å²) in [4.78, 5) is 11.0. The first kappa shape index (κ1) is 15.6. The van der Waals surface area contributed by atoms with Crippen LogP contribution < -0.4 is 10.2 Å². The SMILES string of the molecule is CCCNc1cncc(N(C)C(C)c2ccc(Cl)cc2)n1. The van der Waals surface area contributed by atoms with Crippen LogP contribution in [0.4, 0.5) is 11.6 Å². The largest absolute Gasteiger partial charge is 0.369 e.